The SMILES string of the molecule is O=C(NCc1ccc(S(=O)(=O)N2CCCC2)cc1)[C@@H]1CCCN(S(=O)(=O)c2ccc(F)cc2)C1. The number of halogens is 1. The fraction of sp³-hybridized carbons (Fsp3) is 0.435. The molecule has 0 bridgehead atoms. The van der Waals surface area contributed by atoms with Crippen LogP contribution in [0.25, 0.3) is 0 Å². The van der Waals surface area contributed by atoms with E-state index in [4.69, 9.17) is 0 Å². The maximum absolute atomic E-state index is 13.2. The Hall–Kier alpha value is -2.34. The molecule has 2 aromatic carbocycles. The van der Waals surface area contributed by atoms with Crippen molar-refractivity contribution < 1.29 is 26.0 Å². The molecule has 2 saturated heterocycles. The molecule has 0 spiro atoms. The molecule has 2 aliphatic heterocycles. The van der Waals surface area contributed by atoms with Crippen molar-refractivity contribution in [1.82, 2.24) is 13.9 Å². The summed E-state index contributed by atoms with van der Waals surface area (Å²) in [4.78, 5) is 13.0. The Bertz CT molecular complexity index is 1230. The molecule has 8 nitrogen and oxygen atoms in total. The summed E-state index contributed by atoms with van der Waals surface area (Å²) in [6, 6.07) is 11.1. The van der Waals surface area contributed by atoms with Gasteiger partial charge in [-0.3, -0.25) is 4.79 Å². The Kier molecular flexibility index (Phi) is 7.36. The molecule has 2 heterocycles. The van der Waals surface area contributed by atoms with E-state index in [2.05, 4.69) is 5.32 Å². The predicted molar refractivity (Wildman–Crippen MR) is 124 cm³/mol. The highest BCUT2D eigenvalue weighted by Gasteiger charge is 2.33. The van der Waals surface area contributed by atoms with Gasteiger partial charge in [-0.2, -0.15) is 8.61 Å². The normalized spacial score (nSPS) is 20.3. The molecule has 4 rings (SSSR count). The number of nitrogens with one attached hydrogen (secondary N) is 1. The standard InChI is InChI=1S/C23H28FN3O5S2/c24-20-7-11-22(12-8-20)34(31,32)27-15-3-4-19(17-27)23(28)25-16-18-5-9-21(10-6-18)33(29,30)26-13-1-2-14-26/h5-12,19H,1-4,13-17H2,(H,25,28)/t19-/m1/s1. The van der Waals surface area contributed by atoms with Crippen LogP contribution in [0, 0.1) is 11.7 Å². The molecule has 11 heteroatoms. The first-order valence-electron chi connectivity index (χ1n) is 11.3. The molecular formula is C23H28FN3O5S2. The van der Waals surface area contributed by atoms with Crippen molar-refractivity contribution in [1.29, 1.82) is 0 Å². The van der Waals surface area contributed by atoms with Gasteiger partial charge in [-0.05, 0) is 67.6 Å². The second-order valence-corrected chi connectivity index (χ2v) is 12.5. The van der Waals surface area contributed by atoms with Gasteiger partial charge in [0.25, 0.3) is 0 Å². The predicted octanol–water partition coefficient (Wildman–Crippen LogP) is 2.33. The minimum Gasteiger partial charge on any atom is -0.352 e. The number of carbonyl (C=O) groups excluding carboxylic acids is 1. The van der Waals surface area contributed by atoms with Crippen molar-refractivity contribution in [2.24, 2.45) is 5.92 Å². The van der Waals surface area contributed by atoms with Crippen LogP contribution in [0.2, 0.25) is 0 Å². The van der Waals surface area contributed by atoms with Gasteiger partial charge in [0.05, 0.1) is 15.7 Å². The number of sulfonamides is 2. The molecule has 0 unspecified atom stereocenters. The Morgan fingerprint density at radius 2 is 1.35 bits per heavy atom. The van der Waals surface area contributed by atoms with Gasteiger partial charge in [0, 0.05) is 32.7 Å². The molecule has 2 aromatic rings. The van der Waals surface area contributed by atoms with Crippen molar-refractivity contribution in [2.75, 3.05) is 26.2 Å². The summed E-state index contributed by atoms with van der Waals surface area (Å²) in [6.45, 7) is 1.64. The molecule has 0 saturated carbocycles. The van der Waals surface area contributed by atoms with Crippen LogP contribution in [-0.2, 0) is 31.4 Å². The average molecular weight is 510 g/mol. The Morgan fingerprint density at radius 3 is 1.97 bits per heavy atom. The lowest BCUT2D eigenvalue weighted by molar-refractivity contribution is -0.126. The Morgan fingerprint density at radius 1 is 0.824 bits per heavy atom. The lowest BCUT2D eigenvalue weighted by Gasteiger charge is -2.31. The average Bonchev–Trinajstić information content (AvgIpc) is 3.39. The highest BCUT2D eigenvalue weighted by atomic mass is 32.2. The van der Waals surface area contributed by atoms with Crippen LogP contribution in [0.5, 0.6) is 0 Å². The summed E-state index contributed by atoms with van der Waals surface area (Å²) in [5.41, 5.74) is 0.750. The molecule has 1 atom stereocenters. The number of piperidine rings is 1. The smallest absolute Gasteiger partial charge is 0.243 e. The minimum atomic E-state index is -3.81. The van der Waals surface area contributed by atoms with E-state index in [1.807, 2.05) is 0 Å². The first kappa shape index (κ1) is 24.8. The van der Waals surface area contributed by atoms with E-state index in [1.54, 1.807) is 24.3 Å². The van der Waals surface area contributed by atoms with Crippen molar-refractivity contribution in [3.8, 4) is 0 Å². The highest BCUT2D eigenvalue weighted by Crippen LogP contribution is 2.25. The van der Waals surface area contributed by atoms with E-state index < -0.39 is 31.8 Å². The number of benzene rings is 2. The number of amides is 1. The van der Waals surface area contributed by atoms with Crippen molar-refractivity contribution in [3.05, 3.63) is 59.9 Å². The number of rotatable bonds is 7. The van der Waals surface area contributed by atoms with E-state index >= 15 is 0 Å². The van der Waals surface area contributed by atoms with Crippen LogP contribution in [0.15, 0.2) is 58.3 Å². The zero-order chi connectivity index (χ0) is 24.3. The summed E-state index contributed by atoms with van der Waals surface area (Å²) < 4.78 is 66.9. The largest absolute Gasteiger partial charge is 0.352 e. The van der Waals surface area contributed by atoms with Gasteiger partial charge < -0.3 is 5.32 Å². The van der Waals surface area contributed by atoms with Crippen molar-refractivity contribution in [3.63, 3.8) is 0 Å². The quantitative estimate of drug-likeness (QED) is 0.617. The molecule has 0 radical (unpaired) electrons. The lowest BCUT2D eigenvalue weighted by Crippen LogP contribution is -2.45. The molecule has 0 aliphatic carbocycles. The molecule has 184 valence electrons. The van der Waals surface area contributed by atoms with Gasteiger partial charge in [-0.1, -0.05) is 12.1 Å². The topological polar surface area (TPSA) is 104 Å². The summed E-state index contributed by atoms with van der Waals surface area (Å²) in [5.74, 6) is -1.27. The van der Waals surface area contributed by atoms with Gasteiger partial charge in [0.2, 0.25) is 26.0 Å². The zero-order valence-electron chi connectivity index (χ0n) is 18.7. The van der Waals surface area contributed by atoms with Crippen LogP contribution in [0.3, 0.4) is 0 Å². The van der Waals surface area contributed by atoms with Gasteiger partial charge in [0.15, 0.2) is 0 Å². The molecule has 2 aliphatic rings. The summed E-state index contributed by atoms with van der Waals surface area (Å²) in [5, 5.41) is 2.83. The summed E-state index contributed by atoms with van der Waals surface area (Å²) in [7, 11) is -7.30. The van der Waals surface area contributed by atoms with E-state index in [0.29, 0.717) is 32.5 Å². The number of carbonyl (C=O) groups is 1. The maximum atomic E-state index is 13.2. The van der Waals surface area contributed by atoms with Gasteiger partial charge in [0.1, 0.15) is 5.82 Å². The number of hydrogen-bond acceptors (Lipinski definition) is 5. The molecule has 0 aromatic heterocycles. The van der Waals surface area contributed by atoms with Crippen LogP contribution < -0.4 is 5.32 Å². The molecule has 1 N–H and O–H groups in total. The molecule has 2 fully saturated rings. The first-order valence-corrected chi connectivity index (χ1v) is 14.2. The first-order chi connectivity index (χ1) is 16.2. The van der Waals surface area contributed by atoms with Crippen LogP contribution in [0.1, 0.15) is 31.2 Å². The minimum absolute atomic E-state index is 0.000990. The second-order valence-electron chi connectivity index (χ2n) is 8.63. The Labute approximate surface area is 199 Å². The van der Waals surface area contributed by atoms with Gasteiger partial charge in [-0.25, -0.2) is 21.2 Å². The fourth-order valence-corrected chi connectivity index (χ4v) is 7.36. The monoisotopic (exact) mass is 509 g/mol. The van der Waals surface area contributed by atoms with E-state index in [-0.39, 0.29) is 28.8 Å². The molecule has 34 heavy (non-hydrogen) atoms. The van der Waals surface area contributed by atoms with Crippen molar-refractivity contribution >= 4 is 26.0 Å². The Balaban J connectivity index is 1.35. The highest BCUT2D eigenvalue weighted by molar-refractivity contribution is 7.89. The number of hydrogen-bond donors (Lipinski definition) is 1. The van der Waals surface area contributed by atoms with Gasteiger partial charge >= 0.3 is 0 Å². The van der Waals surface area contributed by atoms with Crippen LogP contribution >= 0.6 is 0 Å². The lowest BCUT2D eigenvalue weighted by atomic mass is 9.99. The maximum Gasteiger partial charge on any atom is 0.243 e. The molecular weight excluding hydrogens is 481 g/mol. The van der Waals surface area contributed by atoms with E-state index in [1.165, 1.54) is 20.7 Å². The zero-order valence-corrected chi connectivity index (χ0v) is 20.3. The third-order valence-corrected chi connectivity index (χ3v) is 10.1. The van der Waals surface area contributed by atoms with Crippen LogP contribution in [0.4, 0.5) is 4.39 Å². The molecule has 1 amide bonds. The third kappa shape index (κ3) is 5.32. The van der Waals surface area contributed by atoms with E-state index in [9.17, 15) is 26.0 Å². The van der Waals surface area contributed by atoms with Crippen LogP contribution in [-0.4, -0.2) is 57.5 Å². The second kappa shape index (κ2) is 10.1. The van der Waals surface area contributed by atoms with Crippen molar-refractivity contribution in [2.45, 2.75) is 42.0 Å². The van der Waals surface area contributed by atoms with Gasteiger partial charge in [-0.15, -0.1) is 0 Å². The summed E-state index contributed by atoms with van der Waals surface area (Å²) >= 11 is 0. The third-order valence-electron chi connectivity index (χ3n) is 6.30. The number of nitrogens with zero attached hydrogens (tertiary/aromatic N) is 2. The summed E-state index contributed by atoms with van der Waals surface area (Å²) in [6.07, 6.45) is 2.84. The van der Waals surface area contributed by atoms with E-state index in [0.717, 1.165) is 30.5 Å². The fourth-order valence-electron chi connectivity index (χ4n) is 4.32.